The number of nitrogens with zero attached hydrogens (tertiary/aromatic N) is 3. The number of guanidine groups is 2. The van der Waals surface area contributed by atoms with Gasteiger partial charge in [0.05, 0.1) is 19.0 Å². The number of hydrogen-bond acceptors (Lipinski definition) is 14. The Morgan fingerprint density at radius 1 is 0.680 bits per heavy atom. The minimum Gasteiger partial charge on any atom is -0.477 e. The van der Waals surface area contributed by atoms with Gasteiger partial charge in [0, 0.05) is 31.4 Å². The molecule has 0 fully saturated rings. The fourth-order valence-electron chi connectivity index (χ4n) is 7.33. The molecule has 0 radical (unpaired) electrons. The molecule has 1 aromatic carbocycles. The standard InChI is InChI=1S/C48H79N17O10/c1-5-28(4)38(45(73)63-36(46(74)75)22-29-13-7-6-8-14-29)65-43(71)35(21-27(2)3)62-42(70)34(17-12-20-57-48(53)54)60-41(69)33(16-11-19-56-47(51)52)59-40(68)32(15-9-10-18-49)61-44(72)37(25-66)64-39(67)31(50)23-30-24-55-26-58-30/h6-8,13-14,22,24,26-28,31-35,37-38,66H,5,9-12,15-21,23,25,49-50H2,1-4H3,(H,55,58)(H,59,68)(H,60,69)(H,61,72)(H,62,70)(H,63,73)(H,64,67)(H,65,71)(H,74,75)(H4,51,52,56)(H4,53,54,57)/b36-22-/t28-,31-,32-,33-,34-,35-,37-,38-/m0/s1. The lowest BCUT2D eigenvalue weighted by molar-refractivity contribution is -0.136. The van der Waals surface area contributed by atoms with Crippen LogP contribution >= 0.6 is 0 Å². The molecule has 1 aromatic heterocycles. The number of aliphatic hydroxyl groups excluding tert-OH is 1. The number of H-pyrrole nitrogens is 1. The van der Waals surface area contributed by atoms with Crippen LogP contribution < -0.4 is 71.6 Å². The van der Waals surface area contributed by atoms with Crippen molar-refractivity contribution in [3.8, 4) is 0 Å². The Kier molecular flexibility index (Phi) is 28.7. The van der Waals surface area contributed by atoms with E-state index in [2.05, 4.69) is 57.2 Å². The fourth-order valence-corrected chi connectivity index (χ4v) is 7.33. The molecule has 0 bridgehead atoms. The topological polar surface area (TPSA) is 471 Å². The smallest absolute Gasteiger partial charge is 0.352 e. The van der Waals surface area contributed by atoms with Gasteiger partial charge in [0.2, 0.25) is 41.4 Å². The number of amides is 7. The first-order valence-corrected chi connectivity index (χ1v) is 24.9. The van der Waals surface area contributed by atoms with Crippen LogP contribution in [0.2, 0.25) is 0 Å². The summed E-state index contributed by atoms with van der Waals surface area (Å²) in [5.74, 6) is -8.36. The fraction of sp³-hybridized carbons (Fsp3) is 0.562. The summed E-state index contributed by atoms with van der Waals surface area (Å²) in [6.45, 7) is 6.54. The molecule has 27 heteroatoms. The Bertz CT molecular complexity index is 2240. The molecule has 8 atom stereocenters. The van der Waals surface area contributed by atoms with E-state index in [1.165, 1.54) is 18.6 Å². The number of imidazole rings is 1. The highest BCUT2D eigenvalue weighted by Crippen LogP contribution is 2.14. The van der Waals surface area contributed by atoms with Gasteiger partial charge in [0.25, 0.3) is 0 Å². The largest absolute Gasteiger partial charge is 0.477 e. The highest BCUT2D eigenvalue weighted by Gasteiger charge is 2.35. The molecule has 1 heterocycles. The van der Waals surface area contributed by atoms with Crippen LogP contribution in [0.25, 0.3) is 6.08 Å². The first kappa shape index (κ1) is 63.5. The van der Waals surface area contributed by atoms with Crippen LogP contribution in [-0.2, 0) is 44.8 Å². The van der Waals surface area contributed by atoms with Gasteiger partial charge >= 0.3 is 5.97 Å². The Balaban J connectivity index is 2.46. The average Bonchev–Trinajstić information content (AvgIpc) is 3.88. The number of aliphatic imine (C=N–C) groups is 2. The number of nitrogens with two attached hydrogens (primary N) is 6. The van der Waals surface area contributed by atoms with Gasteiger partial charge in [-0.2, -0.15) is 0 Å². The number of unbranched alkanes of at least 4 members (excludes halogenated alkanes) is 1. The number of carbonyl (C=O) groups excluding carboxylic acids is 7. The number of rotatable bonds is 35. The minimum absolute atomic E-state index is 0.0162. The van der Waals surface area contributed by atoms with E-state index >= 15 is 0 Å². The van der Waals surface area contributed by atoms with E-state index in [1.54, 1.807) is 58.0 Å². The van der Waals surface area contributed by atoms with Gasteiger partial charge in [0.15, 0.2) is 11.9 Å². The van der Waals surface area contributed by atoms with Crippen molar-refractivity contribution in [1.29, 1.82) is 0 Å². The number of carboxylic acids is 1. The Hall–Kier alpha value is -7.65. The normalized spacial score (nSPS) is 14.5. The van der Waals surface area contributed by atoms with Crippen LogP contribution in [0.3, 0.4) is 0 Å². The quantitative estimate of drug-likeness (QED) is 0.0140. The van der Waals surface area contributed by atoms with Crippen LogP contribution in [0.15, 0.2) is 58.5 Å². The van der Waals surface area contributed by atoms with Crippen molar-refractivity contribution < 1.29 is 48.6 Å². The van der Waals surface area contributed by atoms with Crippen molar-refractivity contribution >= 4 is 65.3 Å². The Labute approximate surface area is 436 Å². The summed E-state index contributed by atoms with van der Waals surface area (Å²) >= 11 is 0. The maximum Gasteiger partial charge on any atom is 0.352 e. The average molecular weight is 1050 g/mol. The molecule has 2 rings (SSSR count). The van der Waals surface area contributed by atoms with Crippen LogP contribution in [0.5, 0.6) is 0 Å². The number of aromatic nitrogens is 2. The number of carbonyl (C=O) groups is 8. The first-order valence-electron chi connectivity index (χ1n) is 24.9. The van der Waals surface area contributed by atoms with Gasteiger partial charge in [-0.05, 0) is 81.4 Å². The molecule has 0 aliphatic heterocycles. The number of aliphatic carboxylic acids is 1. The number of hydrogen-bond donors (Lipinski definition) is 16. The van der Waals surface area contributed by atoms with Crippen molar-refractivity contribution in [1.82, 2.24) is 47.2 Å². The first-order chi connectivity index (χ1) is 35.6. The second-order valence-electron chi connectivity index (χ2n) is 18.3. The second kappa shape index (κ2) is 34.0. The van der Waals surface area contributed by atoms with E-state index in [-0.39, 0.29) is 82.4 Å². The number of aromatic amines is 1. The molecule has 416 valence electrons. The molecule has 22 N–H and O–H groups in total. The molecule has 0 spiro atoms. The van der Waals surface area contributed by atoms with E-state index in [0.29, 0.717) is 30.5 Å². The molecule has 27 nitrogen and oxygen atoms in total. The number of carboxylic acid groups (broad SMARTS) is 1. The van der Waals surface area contributed by atoms with Crippen LogP contribution in [-0.4, -0.2) is 148 Å². The second-order valence-corrected chi connectivity index (χ2v) is 18.3. The molecule has 75 heavy (non-hydrogen) atoms. The third-order valence-electron chi connectivity index (χ3n) is 11.6. The van der Waals surface area contributed by atoms with Crippen LogP contribution in [0.1, 0.15) is 96.7 Å². The molecule has 0 unspecified atom stereocenters. The molecular weight excluding hydrogens is 975 g/mol. The summed E-state index contributed by atoms with van der Waals surface area (Å²) < 4.78 is 0. The Morgan fingerprint density at radius 2 is 1.17 bits per heavy atom. The SMILES string of the molecule is CC[C@H](C)[C@H](NC(=O)[C@H](CC(C)C)NC(=O)[C@H](CCCN=C(N)N)NC(=O)[C@H](CCCN=C(N)N)NC(=O)[C@H](CCCCN)NC(=O)[C@H](CO)NC(=O)[C@@H](N)Cc1cnc[nH]1)C(=O)N/C(=C\c1ccccc1)C(=O)O. The predicted octanol–water partition coefficient (Wildman–Crippen LogP) is -3.25. The summed E-state index contributed by atoms with van der Waals surface area (Å²) in [6.07, 6.45) is 5.55. The highest BCUT2D eigenvalue weighted by atomic mass is 16.4. The lowest BCUT2D eigenvalue weighted by atomic mass is 9.96. The van der Waals surface area contributed by atoms with Gasteiger partial charge in [-0.3, -0.25) is 43.5 Å². The van der Waals surface area contributed by atoms with E-state index in [9.17, 15) is 48.6 Å². The number of nitrogens with one attached hydrogen (secondary N) is 8. The third-order valence-corrected chi connectivity index (χ3v) is 11.6. The van der Waals surface area contributed by atoms with Crippen molar-refractivity contribution in [2.45, 2.75) is 134 Å². The molecule has 7 amide bonds. The summed E-state index contributed by atoms with van der Waals surface area (Å²) in [4.78, 5) is 124. The van der Waals surface area contributed by atoms with Gasteiger partial charge in [-0.15, -0.1) is 0 Å². The van der Waals surface area contributed by atoms with Crippen molar-refractivity contribution in [3.05, 3.63) is 59.8 Å². The number of aliphatic hydroxyl groups is 1. The zero-order valence-corrected chi connectivity index (χ0v) is 43.2. The minimum atomic E-state index is -1.53. The van der Waals surface area contributed by atoms with E-state index in [0.717, 1.165) is 0 Å². The van der Waals surface area contributed by atoms with Gasteiger partial charge in [-0.25, -0.2) is 9.78 Å². The monoisotopic (exact) mass is 1050 g/mol. The maximum atomic E-state index is 14.4. The molecule has 0 saturated carbocycles. The third kappa shape index (κ3) is 24.3. The zero-order valence-electron chi connectivity index (χ0n) is 43.2. The van der Waals surface area contributed by atoms with Crippen molar-refractivity contribution in [2.24, 2.45) is 56.2 Å². The molecule has 0 aliphatic carbocycles. The molecule has 0 aliphatic rings. The predicted molar refractivity (Wildman–Crippen MR) is 281 cm³/mol. The summed E-state index contributed by atoms with van der Waals surface area (Å²) in [6, 6.07) is -0.842. The lowest BCUT2D eigenvalue weighted by Gasteiger charge is -2.29. The highest BCUT2D eigenvalue weighted by molar-refractivity contribution is 6.00. The molecule has 0 saturated heterocycles. The van der Waals surface area contributed by atoms with Gasteiger partial charge in [0.1, 0.15) is 41.9 Å². The van der Waals surface area contributed by atoms with E-state index in [1.807, 2.05) is 0 Å². The van der Waals surface area contributed by atoms with Crippen molar-refractivity contribution in [2.75, 3.05) is 26.2 Å². The number of benzene rings is 1. The summed E-state index contributed by atoms with van der Waals surface area (Å²) in [7, 11) is 0. The Morgan fingerprint density at radius 3 is 1.63 bits per heavy atom. The maximum absolute atomic E-state index is 14.4. The van der Waals surface area contributed by atoms with Gasteiger partial charge in [-0.1, -0.05) is 64.4 Å². The molecular formula is C48H79N17O10. The summed E-state index contributed by atoms with van der Waals surface area (Å²) in [5, 5.41) is 38.2. The lowest BCUT2D eigenvalue weighted by Crippen LogP contribution is -2.60. The molecule has 2 aromatic rings. The zero-order chi connectivity index (χ0) is 56.0. The van der Waals surface area contributed by atoms with Gasteiger partial charge < -0.3 is 86.8 Å². The van der Waals surface area contributed by atoms with Crippen molar-refractivity contribution in [3.63, 3.8) is 0 Å². The van der Waals surface area contributed by atoms with Crippen LogP contribution in [0.4, 0.5) is 0 Å². The summed E-state index contributed by atoms with van der Waals surface area (Å²) in [5.41, 5.74) is 34.5. The van der Waals surface area contributed by atoms with Crippen LogP contribution in [0, 0.1) is 11.8 Å². The van der Waals surface area contributed by atoms with E-state index in [4.69, 9.17) is 34.4 Å². The van der Waals surface area contributed by atoms with E-state index < -0.39 is 108 Å².